The standard InChI is InChI=1S/C19H21N3O4/c1-12-7-6-10-15(13(12)2)21-19(25)22-17(23)11-26-18(24)14-8-4-5-9-16(14)20-3/h4-10,20H,11H2,1-3H3,(H2,21,22,23,25). The van der Waals surface area contributed by atoms with E-state index < -0.39 is 24.5 Å². The minimum Gasteiger partial charge on any atom is -0.452 e. The van der Waals surface area contributed by atoms with Gasteiger partial charge in [-0.05, 0) is 43.2 Å². The molecule has 7 nitrogen and oxygen atoms in total. The van der Waals surface area contributed by atoms with Crippen LogP contribution in [-0.2, 0) is 9.53 Å². The average molecular weight is 355 g/mol. The summed E-state index contributed by atoms with van der Waals surface area (Å²) in [5.74, 6) is -1.37. The number of esters is 1. The van der Waals surface area contributed by atoms with E-state index in [9.17, 15) is 14.4 Å². The number of ether oxygens (including phenoxy) is 1. The predicted molar refractivity (Wildman–Crippen MR) is 99.3 cm³/mol. The van der Waals surface area contributed by atoms with Crippen LogP contribution in [0.4, 0.5) is 16.2 Å². The smallest absolute Gasteiger partial charge is 0.340 e. The maximum atomic E-state index is 12.0. The van der Waals surface area contributed by atoms with Gasteiger partial charge in [0, 0.05) is 18.4 Å². The summed E-state index contributed by atoms with van der Waals surface area (Å²) in [6.45, 7) is 3.23. The van der Waals surface area contributed by atoms with Crippen LogP contribution in [-0.4, -0.2) is 31.6 Å². The molecule has 26 heavy (non-hydrogen) atoms. The molecule has 0 fully saturated rings. The van der Waals surface area contributed by atoms with E-state index in [0.29, 0.717) is 16.9 Å². The van der Waals surface area contributed by atoms with Crippen LogP contribution in [0.2, 0.25) is 0 Å². The molecule has 0 bridgehead atoms. The van der Waals surface area contributed by atoms with Gasteiger partial charge < -0.3 is 15.4 Å². The minimum atomic E-state index is -0.719. The van der Waals surface area contributed by atoms with Gasteiger partial charge in [0.2, 0.25) is 0 Å². The lowest BCUT2D eigenvalue weighted by atomic mass is 10.1. The van der Waals surface area contributed by atoms with E-state index in [1.54, 1.807) is 43.4 Å². The molecule has 0 atom stereocenters. The lowest BCUT2D eigenvalue weighted by Gasteiger charge is -2.11. The second kappa shape index (κ2) is 8.66. The average Bonchev–Trinajstić information content (AvgIpc) is 2.63. The van der Waals surface area contributed by atoms with Crippen LogP contribution in [0.15, 0.2) is 42.5 Å². The Morgan fingerprint density at radius 3 is 2.38 bits per heavy atom. The highest BCUT2D eigenvalue weighted by Gasteiger charge is 2.15. The van der Waals surface area contributed by atoms with Gasteiger partial charge in [0.05, 0.1) is 5.56 Å². The summed E-state index contributed by atoms with van der Waals surface area (Å²) in [4.78, 5) is 35.8. The molecule has 0 aliphatic rings. The molecule has 0 saturated carbocycles. The van der Waals surface area contributed by atoms with E-state index in [1.807, 2.05) is 19.9 Å². The molecule has 0 aliphatic carbocycles. The number of imide groups is 1. The number of benzene rings is 2. The molecule has 136 valence electrons. The van der Waals surface area contributed by atoms with Crippen molar-refractivity contribution in [2.45, 2.75) is 13.8 Å². The fraction of sp³-hybridized carbons (Fsp3) is 0.211. The number of hydrogen-bond donors (Lipinski definition) is 3. The van der Waals surface area contributed by atoms with E-state index in [1.165, 1.54) is 0 Å². The number of anilines is 2. The van der Waals surface area contributed by atoms with Gasteiger partial charge in [-0.15, -0.1) is 0 Å². The van der Waals surface area contributed by atoms with Gasteiger partial charge in [-0.1, -0.05) is 24.3 Å². The van der Waals surface area contributed by atoms with Crippen LogP contribution in [0.1, 0.15) is 21.5 Å². The molecule has 0 radical (unpaired) electrons. The van der Waals surface area contributed by atoms with Crippen molar-refractivity contribution in [2.75, 3.05) is 24.3 Å². The summed E-state index contributed by atoms with van der Waals surface area (Å²) in [5.41, 5.74) is 3.43. The first-order valence-corrected chi connectivity index (χ1v) is 8.03. The fourth-order valence-corrected chi connectivity index (χ4v) is 2.29. The number of amides is 3. The first-order valence-electron chi connectivity index (χ1n) is 8.03. The lowest BCUT2D eigenvalue weighted by molar-refractivity contribution is -0.123. The molecule has 3 N–H and O–H groups in total. The zero-order valence-electron chi connectivity index (χ0n) is 14.9. The Kier molecular flexibility index (Phi) is 6.32. The maximum absolute atomic E-state index is 12.0. The van der Waals surface area contributed by atoms with Crippen LogP contribution in [0.25, 0.3) is 0 Å². The molecule has 0 heterocycles. The molecule has 0 spiro atoms. The van der Waals surface area contributed by atoms with Crippen LogP contribution in [0.5, 0.6) is 0 Å². The minimum absolute atomic E-state index is 0.308. The Morgan fingerprint density at radius 2 is 1.65 bits per heavy atom. The number of rotatable bonds is 5. The molecule has 3 amide bonds. The third-order valence-electron chi connectivity index (χ3n) is 3.86. The molecular formula is C19H21N3O4. The van der Waals surface area contributed by atoms with Crippen LogP contribution < -0.4 is 16.0 Å². The highest BCUT2D eigenvalue weighted by Crippen LogP contribution is 2.17. The Morgan fingerprint density at radius 1 is 0.962 bits per heavy atom. The van der Waals surface area contributed by atoms with E-state index in [0.717, 1.165) is 11.1 Å². The van der Waals surface area contributed by atoms with Gasteiger partial charge in [-0.3, -0.25) is 10.1 Å². The topological polar surface area (TPSA) is 96.5 Å². The molecule has 0 aliphatic heterocycles. The van der Waals surface area contributed by atoms with Gasteiger partial charge >= 0.3 is 12.0 Å². The molecule has 2 rings (SSSR count). The van der Waals surface area contributed by atoms with E-state index >= 15 is 0 Å². The first-order chi connectivity index (χ1) is 12.4. The van der Waals surface area contributed by atoms with Crippen molar-refractivity contribution >= 4 is 29.3 Å². The van der Waals surface area contributed by atoms with Crippen molar-refractivity contribution in [3.05, 3.63) is 59.2 Å². The zero-order chi connectivity index (χ0) is 19.1. The molecule has 0 unspecified atom stereocenters. The summed E-state index contributed by atoms with van der Waals surface area (Å²) in [5, 5.41) is 7.59. The number of hydrogen-bond acceptors (Lipinski definition) is 5. The number of aryl methyl sites for hydroxylation is 1. The number of nitrogens with one attached hydrogen (secondary N) is 3. The van der Waals surface area contributed by atoms with Gasteiger partial charge in [0.1, 0.15) is 0 Å². The monoisotopic (exact) mass is 355 g/mol. The summed E-state index contributed by atoms with van der Waals surface area (Å²) in [6.07, 6.45) is 0. The summed E-state index contributed by atoms with van der Waals surface area (Å²) in [7, 11) is 1.68. The highest BCUT2D eigenvalue weighted by atomic mass is 16.5. The number of urea groups is 1. The normalized spacial score (nSPS) is 9.96. The van der Waals surface area contributed by atoms with Crippen molar-refractivity contribution in [1.29, 1.82) is 0 Å². The van der Waals surface area contributed by atoms with Gasteiger partial charge in [-0.2, -0.15) is 0 Å². The van der Waals surface area contributed by atoms with Gasteiger partial charge in [0.15, 0.2) is 6.61 Å². The number of carbonyl (C=O) groups excluding carboxylic acids is 3. The Bertz CT molecular complexity index is 833. The van der Waals surface area contributed by atoms with Crippen molar-refractivity contribution in [3.8, 4) is 0 Å². The Labute approximate surface area is 151 Å². The van der Waals surface area contributed by atoms with Crippen molar-refractivity contribution < 1.29 is 19.1 Å². The van der Waals surface area contributed by atoms with Gasteiger partial charge in [-0.25, -0.2) is 9.59 Å². The second-order valence-electron chi connectivity index (χ2n) is 5.62. The molecule has 0 aromatic heterocycles. The summed E-state index contributed by atoms with van der Waals surface area (Å²) in [6, 6.07) is 11.5. The fourth-order valence-electron chi connectivity index (χ4n) is 2.29. The van der Waals surface area contributed by atoms with Crippen LogP contribution in [0.3, 0.4) is 0 Å². The largest absolute Gasteiger partial charge is 0.452 e. The van der Waals surface area contributed by atoms with E-state index in [-0.39, 0.29) is 0 Å². The van der Waals surface area contributed by atoms with Crippen LogP contribution in [0, 0.1) is 13.8 Å². The van der Waals surface area contributed by atoms with Crippen molar-refractivity contribution in [3.63, 3.8) is 0 Å². The first kappa shape index (κ1) is 19.0. The lowest BCUT2D eigenvalue weighted by Crippen LogP contribution is -2.37. The van der Waals surface area contributed by atoms with E-state index in [4.69, 9.17) is 4.74 Å². The van der Waals surface area contributed by atoms with Crippen molar-refractivity contribution in [1.82, 2.24) is 5.32 Å². The zero-order valence-corrected chi connectivity index (χ0v) is 14.9. The number of para-hydroxylation sites is 1. The van der Waals surface area contributed by atoms with E-state index in [2.05, 4.69) is 16.0 Å². The number of carbonyl (C=O) groups is 3. The van der Waals surface area contributed by atoms with Crippen LogP contribution >= 0.6 is 0 Å². The molecular weight excluding hydrogens is 334 g/mol. The summed E-state index contributed by atoms with van der Waals surface area (Å²) >= 11 is 0. The summed E-state index contributed by atoms with van der Waals surface area (Å²) < 4.78 is 4.96. The maximum Gasteiger partial charge on any atom is 0.340 e. The van der Waals surface area contributed by atoms with Crippen molar-refractivity contribution in [2.24, 2.45) is 0 Å². The third kappa shape index (κ3) is 4.83. The Balaban J connectivity index is 1.87. The molecule has 2 aromatic rings. The molecule has 7 heteroatoms. The molecule has 2 aromatic carbocycles. The Hall–Kier alpha value is -3.35. The quantitative estimate of drug-likeness (QED) is 0.717. The SMILES string of the molecule is CNc1ccccc1C(=O)OCC(=O)NC(=O)Nc1cccc(C)c1C. The predicted octanol–water partition coefficient (Wildman–Crippen LogP) is 2.85. The molecule has 0 saturated heterocycles. The second-order valence-corrected chi connectivity index (χ2v) is 5.62. The third-order valence-corrected chi connectivity index (χ3v) is 3.86. The highest BCUT2D eigenvalue weighted by molar-refractivity contribution is 6.03. The van der Waals surface area contributed by atoms with Gasteiger partial charge in [0.25, 0.3) is 5.91 Å².